The van der Waals surface area contributed by atoms with Crippen molar-refractivity contribution in [1.29, 1.82) is 0 Å². The molecule has 1 aliphatic rings. The standard InChI is InChI=1S/C15H21NO4/c17-14(9-8-11-5-4-10-20-11)16-13-7-3-1-2-6-12(13)15(18)19/h4-5,10,12-13H,1-3,6-9H2,(H,16,17)(H,18,19)/t12-,13+/m1/s1. The Morgan fingerprint density at radius 2 is 2.10 bits per heavy atom. The fraction of sp³-hybridized carbons (Fsp3) is 0.600. The van der Waals surface area contributed by atoms with Crippen molar-refractivity contribution in [2.24, 2.45) is 5.92 Å². The van der Waals surface area contributed by atoms with Crippen molar-refractivity contribution in [3.8, 4) is 0 Å². The van der Waals surface area contributed by atoms with Crippen molar-refractivity contribution in [3.63, 3.8) is 0 Å². The first-order valence-electron chi connectivity index (χ1n) is 7.21. The monoisotopic (exact) mass is 279 g/mol. The highest BCUT2D eigenvalue weighted by molar-refractivity contribution is 5.78. The zero-order chi connectivity index (χ0) is 14.4. The molecule has 1 aromatic heterocycles. The minimum atomic E-state index is -0.803. The molecule has 0 aliphatic heterocycles. The number of aryl methyl sites for hydroxylation is 1. The molecular formula is C15H21NO4. The summed E-state index contributed by atoms with van der Waals surface area (Å²) in [5, 5.41) is 12.2. The third-order valence-corrected chi connectivity index (χ3v) is 3.86. The lowest BCUT2D eigenvalue weighted by atomic mass is 9.94. The summed E-state index contributed by atoms with van der Waals surface area (Å²) in [6.07, 6.45) is 6.81. The van der Waals surface area contributed by atoms with Gasteiger partial charge in [-0.2, -0.15) is 0 Å². The number of carboxylic acids is 1. The Labute approximate surface area is 118 Å². The third kappa shape index (κ3) is 4.11. The van der Waals surface area contributed by atoms with Crippen LogP contribution in [0.4, 0.5) is 0 Å². The average molecular weight is 279 g/mol. The van der Waals surface area contributed by atoms with Gasteiger partial charge in [-0.25, -0.2) is 0 Å². The third-order valence-electron chi connectivity index (χ3n) is 3.86. The second kappa shape index (κ2) is 7.12. The van der Waals surface area contributed by atoms with Crippen LogP contribution >= 0.6 is 0 Å². The van der Waals surface area contributed by atoms with Crippen molar-refractivity contribution in [2.75, 3.05) is 0 Å². The Balaban J connectivity index is 1.85. The minimum Gasteiger partial charge on any atom is -0.481 e. The van der Waals surface area contributed by atoms with Crippen molar-refractivity contribution >= 4 is 11.9 Å². The van der Waals surface area contributed by atoms with Crippen LogP contribution in [-0.2, 0) is 16.0 Å². The van der Waals surface area contributed by atoms with E-state index < -0.39 is 11.9 Å². The first-order chi connectivity index (χ1) is 9.66. The summed E-state index contributed by atoms with van der Waals surface area (Å²) in [5.41, 5.74) is 0. The SMILES string of the molecule is O=C(CCc1ccco1)N[C@H]1CCCCC[C@H]1C(=O)O. The van der Waals surface area contributed by atoms with Gasteiger partial charge in [0.2, 0.25) is 5.91 Å². The summed E-state index contributed by atoms with van der Waals surface area (Å²) in [6.45, 7) is 0. The molecule has 2 rings (SSSR count). The molecule has 0 saturated heterocycles. The minimum absolute atomic E-state index is 0.0976. The predicted octanol–water partition coefficient (Wildman–Crippen LogP) is 2.36. The summed E-state index contributed by atoms with van der Waals surface area (Å²) in [4.78, 5) is 23.2. The number of furan rings is 1. The Bertz CT molecular complexity index is 441. The molecular weight excluding hydrogens is 258 g/mol. The van der Waals surface area contributed by atoms with Gasteiger partial charge >= 0.3 is 5.97 Å². The first kappa shape index (κ1) is 14.6. The Kier molecular flexibility index (Phi) is 5.21. The van der Waals surface area contributed by atoms with E-state index in [0.717, 1.165) is 31.4 Å². The molecule has 2 atom stereocenters. The lowest BCUT2D eigenvalue weighted by Crippen LogP contribution is -2.42. The van der Waals surface area contributed by atoms with Gasteiger partial charge in [0, 0.05) is 18.9 Å². The summed E-state index contributed by atoms with van der Waals surface area (Å²) in [7, 11) is 0. The molecule has 0 radical (unpaired) electrons. The molecule has 5 heteroatoms. The highest BCUT2D eigenvalue weighted by Crippen LogP contribution is 2.24. The van der Waals surface area contributed by atoms with E-state index in [9.17, 15) is 14.7 Å². The molecule has 1 saturated carbocycles. The highest BCUT2D eigenvalue weighted by atomic mass is 16.4. The van der Waals surface area contributed by atoms with Gasteiger partial charge in [0.25, 0.3) is 0 Å². The van der Waals surface area contributed by atoms with Gasteiger partial charge in [-0.05, 0) is 25.0 Å². The van der Waals surface area contributed by atoms with Crippen LogP contribution in [0, 0.1) is 5.92 Å². The van der Waals surface area contributed by atoms with E-state index >= 15 is 0 Å². The van der Waals surface area contributed by atoms with E-state index in [1.807, 2.05) is 6.07 Å². The number of carbonyl (C=O) groups is 2. The second-order valence-electron chi connectivity index (χ2n) is 5.34. The molecule has 110 valence electrons. The molecule has 5 nitrogen and oxygen atoms in total. The number of carbonyl (C=O) groups excluding carboxylic acids is 1. The van der Waals surface area contributed by atoms with Crippen molar-refractivity contribution in [1.82, 2.24) is 5.32 Å². The number of carboxylic acid groups (broad SMARTS) is 1. The predicted molar refractivity (Wildman–Crippen MR) is 73.2 cm³/mol. The second-order valence-corrected chi connectivity index (χ2v) is 5.34. The smallest absolute Gasteiger partial charge is 0.308 e. The molecule has 0 bridgehead atoms. The summed E-state index contributed by atoms with van der Waals surface area (Å²) >= 11 is 0. The van der Waals surface area contributed by atoms with Gasteiger partial charge in [-0.1, -0.05) is 19.3 Å². The van der Waals surface area contributed by atoms with Gasteiger partial charge < -0.3 is 14.8 Å². The fourth-order valence-corrected chi connectivity index (χ4v) is 2.75. The maximum absolute atomic E-state index is 11.9. The molecule has 1 heterocycles. The lowest BCUT2D eigenvalue weighted by Gasteiger charge is -2.22. The van der Waals surface area contributed by atoms with Crippen LogP contribution < -0.4 is 5.32 Å². The molecule has 1 aliphatic carbocycles. The molecule has 2 N–H and O–H groups in total. The van der Waals surface area contributed by atoms with E-state index in [-0.39, 0.29) is 11.9 Å². The number of amides is 1. The maximum Gasteiger partial charge on any atom is 0.308 e. The van der Waals surface area contributed by atoms with Crippen molar-refractivity contribution < 1.29 is 19.1 Å². The van der Waals surface area contributed by atoms with Crippen LogP contribution in [0.1, 0.15) is 44.3 Å². The van der Waals surface area contributed by atoms with Gasteiger partial charge in [0.1, 0.15) is 5.76 Å². The quantitative estimate of drug-likeness (QED) is 0.811. The summed E-state index contributed by atoms with van der Waals surface area (Å²) in [6, 6.07) is 3.39. The number of hydrogen-bond donors (Lipinski definition) is 2. The van der Waals surface area contributed by atoms with Gasteiger partial charge in [-0.15, -0.1) is 0 Å². The van der Waals surface area contributed by atoms with Crippen LogP contribution in [0.5, 0.6) is 0 Å². The number of nitrogens with one attached hydrogen (secondary N) is 1. The van der Waals surface area contributed by atoms with Crippen LogP contribution in [0.15, 0.2) is 22.8 Å². The van der Waals surface area contributed by atoms with Crippen molar-refractivity contribution in [2.45, 2.75) is 51.0 Å². The van der Waals surface area contributed by atoms with Gasteiger partial charge in [0.05, 0.1) is 12.2 Å². The Hall–Kier alpha value is -1.78. The topological polar surface area (TPSA) is 79.5 Å². The normalized spacial score (nSPS) is 23.0. The average Bonchev–Trinajstić information content (AvgIpc) is 2.82. The molecule has 0 unspecified atom stereocenters. The molecule has 1 amide bonds. The largest absolute Gasteiger partial charge is 0.481 e. The van der Waals surface area contributed by atoms with Gasteiger partial charge in [-0.3, -0.25) is 9.59 Å². The first-order valence-corrected chi connectivity index (χ1v) is 7.21. The van der Waals surface area contributed by atoms with Crippen LogP contribution in [-0.4, -0.2) is 23.0 Å². The Morgan fingerprint density at radius 1 is 1.30 bits per heavy atom. The highest BCUT2D eigenvalue weighted by Gasteiger charge is 2.30. The lowest BCUT2D eigenvalue weighted by molar-refractivity contribution is -0.143. The van der Waals surface area contributed by atoms with E-state index in [4.69, 9.17) is 4.42 Å². The van der Waals surface area contributed by atoms with E-state index in [0.29, 0.717) is 19.3 Å². The molecule has 0 spiro atoms. The number of hydrogen-bond acceptors (Lipinski definition) is 3. The maximum atomic E-state index is 11.9. The van der Waals surface area contributed by atoms with Crippen LogP contribution in [0.25, 0.3) is 0 Å². The zero-order valence-electron chi connectivity index (χ0n) is 11.5. The van der Waals surface area contributed by atoms with Gasteiger partial charge in [0.15, 0.2) is 0 Å². The molecule has 1 aromatic rings. The number of aliphatic carboxylic acids is 1. The van der Waals surface area contributed by atoms with Crippen molar-refractivity contribution in [3.05, 3.63) is 24.2 Å². The molecule has 20 heavy (non-hydrogen) atoms. The van der Waals surface area contributed by atoms with E-state index in [2.05, 4.69) is 5.32 Å². The summed E-state index contributed by atoms with van der Waals surface area (Å²) in [5.74, 6) is -0.580. The van der Waals surface area contributed by atoms with Crippen LogP contribution in [0.3, 0.4) is 0 Å². The molecule has 1 fully saturated rings. The van der Waals surface area contributed by atoms with Crippen LogP contribution in [0.2, 0.25) is 0 Å². The van der Waals surface area contributed by atoms with E-state index in [1.54, 1.807) is 12.3 Å². The zero-order valence-corrected chi connectivity index (χ0v) is 11.5. The number of rotatable bonds is 5. The summed E-state index contributed by atoms with van der Waals surface area (Å²) < 4.78 is 5.18. The fourth-order valence-electron chi connectivity index (χ4n) is 2.75. The van der Waals surface area contributed by atoms with E-state index in [1.165, 1.54) is 0 Å². The molecule has 0 aromatic carbocycles. The Morgan fingerprint density at radius 3 is 2.80 bits per heavy atom.